The van der Waals surface area contributed by atoms with E-state index in [1.165, 1.54) is 5.56 Å². The summed E-state index contributed by atoms with van der Waals surface area (Å²) in [4.78, 5) is 4.04. The Morgan fingerprint density at radius 2 is 1.81 bits per heavy atom. The fourth-order valence-electron chi connectivity index (χ4n) is 2.41. The molecule has 2 N–H and O–H groups in total. The molecule has 1 unspecified atom stereocenters. The molecule has 1 heterocycles. The van der Waals surface area contributed by atoms with Crippen molar-refractivity contribution in [3.63, 3.8) is 0 Å². The molecule has 1 aromatic carbocycles. The summed E-state index contributed by atoms with van der Waals surface area (Å²) in [5.41, 5.74) is 9.53. The van der Waals surface area contributed by atoms with Crippen molar-refractivity contribution < 1.29 is 4.74 Å². The van der Waals surface area contributed by atoms with Gasteiger partial charge in [0.2, 0.25) is 0 Å². The van der Waals surface area contributed by atoms with Gasteiger partial charge in [0.25, 0.3) is 0 Å². The molecule has 0 aliphatic rings. The van der Waals surface area contributed by atoms with Crippen molar-refractivity contribution in [2.45, 2.75) is 33.2 Å². The molecule has 0 aliphatic carbocycles. The molecule has 112 valence electrons. The molecule has 0 saturated carbocycles. The van der Waals surface area contributed by atoms with E-state index in [9.17, 15) is 0 Å². The third kappa shape index (κ3) is 4.57. The highest BCUT2D eigenvalue weighted by atomic mass is 16.5. The fraction of sp³-hybridized carbons (Fsp3) is 0.389. The second kappa shape index (κ2) is 7.23. The SMILES string of the molecule is Cc1cc(-c2ccncc2)ccc1OCC(N)CC(C)C. The Hall–Kier alpha value is -1.87. The molecular formula is C18H24N2O. The first-order chi connectivity index (χ1) is 10.1. The van der Waals surface area contributed by atoms with Crippen LogP contribution >= 0.6 is 0 Å². The van der Waals surface area contributed by atoms with Crippen molar-refractivity contribution in [3.05, 3.63) is 48.3 Å². The van der Waals surface area contributed by atoms with Crippen molar-refractivity contribution in [1.82, 2.24) is 4.98 Å². The number of hydrogen-bond donors (Lipinski definition) is 1. The fourth-order valence-corrected chi connectivity index (χ4v) is 2.41. The van der Waals surface area contributed by atoms with E-state index in [2.05, 4.69) is 37.9 Å². The molecule has 2 aromatic rings. The van der Waals surface area contributed by atoms with Gasteiger partial charge >= 0.3 is 0 Å². The van der Waals surface area contributed by atoms with Gasteiger partial charge in [0.15, 0.2) is 0 Å². The highest BCUT2D eigenvalue weighted by Gasteiger charge is 2.08. The lowest BCUT2D eigenvalue weighted by molar-refractivity contribution is 0.269. The number of ether oxygens (including phenoxy) is 1. The molecule has 1 atom stereocenters. The minimum Gasteiger partial charge on any atom is -0.492 e. The first-order valence-corrected chi connectivity index (χ1v) is 7.45. The number of nitrogens with two attached hydrogens (primary N) is 1. The topological polar surface area (TPSA) is 48.1 Å². The Balaban J connectivity index is 2.03. The molecule has 3 heteroatoms. The zero-order chi connectivity index (χ0) is 15.2. The monoisotopic (exact) mass is 284 g/mol. The summed E-state index contributed by atoms with van der Waals surface area (Å²) in [6.45, 7) is 6.98. The zero-order valence-corrected chi connectivity index (χ0v) is 13.0. The number of benzene rings is 1. The number of aryl methyl sites for hydroxylation is 1. The Morgan fingerprint density at radius 1 is 1.10 bits per heavy atom. The predicted octanol–water partition coefficient (Wildman–Crippen LogP) is 3.81. The smallest absolute Gasteiger partial charge is 0.122 e. The third-order valence-electron chi connectivity index (χ3n) is 3.42. The number of hydrogen-bond acceptors (Lipinski definition) is 3. The highest BCUT2D eigenvalue weighted by molar-refractivity contribution is 5.65. The van der Waals surface area contributed by atoms with Crippen molar-refractivity contribution in [2.75, 3.05) is 6.61 Å². The van der Waals surface area contributed by atoms with Crippen molar-refractivity contribution in [2.24, 2.45) is 11.7 Å². The molecule has 2 rings (SSSR count). The third-order valence-corrected chi connectivity index (χ3v) is 3.42. The van der Waals surface area contributed by atoms with Crippen molar-refractivity contribution in [1.29, 1.82) is 0 Å². The molecule has 21 heavy (non-hydrogen) atoms. The maximum absolute atomic E-state index is 6.06. The molecule has 0 amide bonds. The summed E-state index contributed by atoms with van der Waals surface area (Å²) >= 11 is 0. The van der Waals surface area contributed by atoms with E-state index in [1.807, 2.05) is 18.2 Å². The molecule has 0 spiro atoms. The van der Waals surface area contributed by atoms with Crippen LogP contribution < -0.4 is 10.5 Å². The van der Waals surface area contributed by atoms with E-state index >= 15 is 0 Å². The average Bonchev–Trinajstić information content (AvgIpc) is 2.46. The summed E-state index contributed by atoms with van der Waals surface area (Å²) < 4.78 is 5.85. The molecular weight excluding hydrogens is 260 g/mol. The zero-order valence-electron chi connectivity index (χ0n) is 13.0. The molecule has 3 nitrogen and oxygen atoms in total. The minimum atomic E-state index is 0.0873. The summed E-state index contributed by atoms with van der Waals surface area (Å²) in [5, 5.41) is 0. The van der Waals surface area contributed by atoms with Gasteiger partial charge in [0.05, 0.1) is 0 Å². The number of aromatic nitrogens is 1. The van der Waals surface area contributed by atoms with E-state index in [0.717, 1.165) is 23.3 Å². The van der Waals surface area contributed by atoms with Crippen LogP contribution in [0, 0.1) is 12.8 Å². The van der Waals surface area contributed by atoms with Crippen LogP contribution in [0.1, 0.15) is 25.8 Å². The summed E-state index contributed by atoms with van der Waals surface area (Å²) in [6.07, 6.45) is 4.59. The lowest BCUT2D eigenvalue weighted by Gasteiger charge is -2.16. The predicted molar refractivity (Wildman–Crippen MR) is 87.3 cm³/mol. The van der Waals surface area contributed by atoms with Crippen LogP contribution in [0.4, 0.5) is 0 Å². The lowest BCUT2D eigenvalue weighted by atomic mass is 10.0. The van der Waals surface area contributed by atoms with Gasteiger partial charge in [-0.05, 0) is 60.2 Å². The van der Waals surface area contributed by atoms with Gasteiger partial charge in [0, 0.05) is 18.4 Å². The van der Waals surface area contributed by atoms with Crippen LogP contribution in [0.15, 0.2) is 42.7 Å². The van der Waals surface area contributed by atoms with Crippen LogP contribution in [-0.4, -0.2) is 17.6 Å². The van der Waals surface area contributed by atoms with Gasteiger partial charge in [-0.1, -0.05) is 19.9 Å². The van der Waals surface area contributed by atoms with Crippen molar-refractivity contribution in [3.8, 4) is 16.9 Å². The van der Waals surface area contributed by atoms with E-state index in [1.54, 1.807) is 12.4 Å². The molecule has 0 saturated heterocycles. The number of nitrogens with zero attached hydrogens (tertiary/aromatic N) is 1. The maximum Gasteiger partial charge on any atom is 0.122 e. The standard InChI is InChI=1S/C18H24N2O/c1-13(2)10-17(19)12-21-18-5-4-16(11-14(18)3)15-6-8-20-9-7-15/h4-9,11,13,17H,10,12,19H2,1-3H3. The van der Waals surface area contributed by atoms with Gasteiger partial charge in [-0.15, -0.1) is 0 Å². The van der Waals surface area contributed by atoms with Gasteiger partial charge in [-0.3, -0.25) is 4.98 Å². The Labute approximate surface area is 127 Å². The van der Waals surface area contributed by atoms with Gasteiger partial charge in [0.1, 0.15) is 12.4 Å². The second-order valence-electron chi connectivity index (χ2n) is 5.92. The first-order valence-electron chi connectivity index (χ1n) is 7.45. The average molecular weight is 284 g/mol. The van der Waals surface area contributed by atoms with Crippen LogP contribution in [0.3, 0.4) is 0 Å². The van der Waals surface area contributed by atoms with Gasteiger partial charge in [-0.25, -0.2) is 0 Å². The number of rotatable bonds is 6. The Bertz CT molecular complexity index is 567. The lowest BCUT2D eigenvalue weighted by Crippen LogP contribution is -2.29. The molecule has 0 aliphatic heterocycles. The van der Waals surface area contributed by atoms with E-state index < -0.39 is 0 Å². The Morgan fingerprint density at radius 3 is 2.43 bits per heavy atom. The summed E-state index contributed by atoms with van der Waals surface area (Å²) in [6, 6.07) is 10.3. The number of pyridine rings is 1. The Kier molecular flexibility index (Phi) is 5.34. The van der Waals surface area contributed by atoms with Crippen LogP contribution in [0.2, 0.25) is 0 Å². The maximum atomic E-state index is 6.06. The van der Waals surface area contributed by atoms with E-state index in [0.29, 0.717) is 12.5 Å². The first kappa shape index (κ1) is 15.5. The van der Waals surface area contributed by atoms with Crippen molar-refractivity contribution >= 4 is 0 Å². The minimum absolute atomic E-state index is 0.0873. The van der Waals surface area contributed by atoms with Crippen LogP contribution in [-0.2, 0) is 0 Å². The van der Waals surface area contributed by atoms with E-state index in [-0.39, 0.29) is 6.04 Å². The summed E-state index contributed by atoms with van der Waals surface area (Å²) in [5.74, 6) is 1.51. The normalized spacial score (nSPS) is 12.4. The van der Waals surface area contributed by atoms with E-state index in [4.69, 9.17) is 10.5 Å². The molecule has 0 radical (unpaired) electrons. The molecule has 1 aromatic heterocycles. The molecule has 0 fully saturated rings. The van der Waals surface area contributed by atoms with Gasteiger partial charge in [-0.2, -0.15) is 0 Å². The largest absolute Gasteiger partial charge is 0.492 e. The molecule has 0 bridgehead atoms. The second-order valence-corrected chi connectivity index (χ2v) is 5.92. The summed E-state index contributed by atoms with van der Waals surface area (Å²) in [7, 11) is 0. The van der Waals surface area contributed by atoms with Crippen LogP contribution in [0.25, 0.3) is 11.1 Å². The quantitative estimate of drug-likeness (QED) is 0.877. The highest BCUT2D eigenvalue weighted by Crippen LogP contribution is 2.26. The van der Waals surface area contributed by atoms with Gasteiger partial charge < -0.3 is 10.5 Å². The van der Waals surface area contributed by atoms with Crippen LogP contribution in [0.5, 0.6) is 5.75 Å².